The summed E-state index contributed by atoms with van der Waals surface area (Å²) >= 11 is 0. The Kier molecular flexibility index (Phi) is 4.88. The highest BCUT2D eigenvalue weighted by atomic mass is 16.5. The van der Waals surface area contributed by atoms with Crippen LogP contribution in [0, 0.1) is 0 Å². The molecule has 1 aromatic rings. The third-order valence-electron chi connectivity index (χ3n) is 2.40. The van der Waals surface area contributed by atoms with E-state index in [1.54, 1.807) is 0 Å². The third-order valence-corrected chi connectivity index (χ3v) is 2.40. The molecule has 0 spiro atoms. The summed E-state index contributed by atoms with van der Waals surface area (Å²) in [6.07, 6.45) is 2.21. The number of benzene rings is 1. The SMILES string of the molecule is CCC(CC)OC(=O)Cc1ccccc1. The van der Waals surface area contributed by atoms with E-state index in [-0.39, 0.29) is 12.1 Å². The van der Waals surface area contributed by atoms with Crippen molar-refractivity contribution >= 4 is 5.97 Å². The average Bonchev–Trinajstić information content (AvgIpc) is 2.27. The highest BCUT2D eigenvalue weighted by Gasteiger charge is 2.10. The zero-order valence-corrected chi connectivity index (χ0v) is 9.40. The maximum absolute atomic E-state index is 11.5. The first kappa shape index (κ1) is 11.8. The predicted molar refractivity (Wildman–Crippen MR) is 60.6 cm³/mol. The summed E-state index contributed by atoms with van der Waals surface area (Å²) in [4.78, 5) is 11.5. The molecule has 0 atom stereocenters. The Morgan fingerprint density at radius 3 is 2.33 bits per heavy atom. The van der Waals surface area contributed by atoms with Crippen LogP contribution in [0.2, 0.25) is 0 Å². The zero-order chi connectivity index (χ0) is 11.1. The highest BCUT2D eigenvalue weighted by Crippen LogP contribution is 2.06. The summed E-state index contributed by atoms with van der Waals surface area (Å²) in [5, 5.41) is 0. The van der Waals surface area contributed by atoms with Crippen LogP contribution in [0.1, 0.15) is 32.3 Å². The van der Waals surface area contributed by atoms with Crippen molar-refractivity contribution in [1.82, 2.24) is 0 Å². The molecular weight excluding hydrogens is 188 g/mol. The quantitative estimate of drug-likeness (QED) is 0.692. The zero-order valence-electron chi connectivity index (χ0n) is 9.40. The van der Waals surface area contributed by atoms with E-state index in [1.165, 1.54) is 0 Å². The van der Waals surface area contributed by atoms with Crippen molar-refractivity contribution in [3.8, 4) is 0 Å². The first-order valence-corrected chi connectivity index (χ1v) is 5.49. The minimum atomic E-state index is -0.130. The Labute approximate surface area is 91.3 Å². The fraction of sp³-hybridized carbons (Fsp3) is 0.462. The van der Waals surface area contributed by atoms with Gasteiger partial charge in [-0.25, -0.2) is 0 Å². The Morgan fingerprint density at radius 1 is 1.20 bits per heavy atom. The summed E-state index contributed by atoms with van der Waals surface area (Å²) in [5.41, 5.74) is 1.01. The lowest BCUT2D eigenvalue weighted by molar-refractivity contribution is -0.148. The second-order valence-electron chi connectivity index (χ2n) is 3.59. The summed E-state index contributed by atoms with van der Waals surface area (Å²) in [5.74, 6) is -0.130. The molecule has 15 heavy (non-hydrogen) atoms. The molecule has 82 valence electrons. The van der Waals surface area contributed by atoms with Gasteiger partial charge in [-0.2, -0.15) is 0 Å². The van der Waals surface area contributed by atoms with Gasteiger partial charge in [-0.15, -0.1) is 0 Å². The van der Waals surface area contributed by atoms with Gasteiger partial charge >= 0.3 is 5.97 Å². The molecule has 0 aliphatic carbocycles. The molecule has 0 fully saturated rings. The van der Waals surface area contributed by atoms with Gasteiger partial charge in [-0.05, 0) is 18.4 Å². The van der Waals surface area contributed by atoms with E-state index >= 15 is 0 Å². The van der Waals surface area contributed by atoms with Crippen molar-refractivity contribution in [3.05, 3.63) is 35.9 Å². The van der Waals surface area contributed by atoms with E-state index in [0.29, 0.717) is 6.42 Å². The van der Waals surface area contributed by atoms with Crippen LogP contribution >= 0.6 is 0 Å². The first-order chi connectivity index (χ1) is 7.26. The summed E-state index contributed by atoms with van der Waals surface area (Å²) < 4.78 is 5.31. The molecule has 0 saturated carbocycles. The normalized spacial score (nSPS) is 10.3. The number of esters is 1. The van der Waals surface area contributed by atoms with Gasteiger partial charge in [0.25, 0.3) is 0 Å². The molecule has 2 nitrogen and oxygen atoms in total. The number of carbonyl (C=O) groups excluding carboxylic acids is 1. The van der Waals surface area contributed by atoms with E-state index in [9.17, 15) is 4.79 Å². The number of rotatable bonds is 5. The molecule has 1 rings (SSSR count). The molecule has 0 aromatic heterocycles. The largest absolute Gasteiger partial charge is 0.462 e. The second-order valence-corrected chi connectivity index (χ2v) is 3.59. The summed E-state index contributed by atoms with van der Waals surface area (Å²) in [7, 11) is 0. The van der Waals surface area contributed by atoms with Crippen LogP contribution in [0.15, 0.2) is 30.3 Å². The average molecular weight is 206 g/mol. The van der Waals surface area contributed by atoms with Crippen LogP contribution in [-0.2, 0) is 16.0 Å². The van der Waals surface area contributed by atoms with Crippen LogP contribution in [0.3, 0.4) is 0 Å². The fourth-order valence-electron chi connectivity index (χ4n) is 1.45. The minimum absolute atomic E-state index is 0.0706. The van der Waals surface area contributed by atoms with E-state index < -0.39 is 0 Å². The molecule has 0 radical (unpaired) electrons. The first-order valence-electron chi connectivity index (χ1n) is 5.49. The van der Waals surface area contributed by atoms with Gasteiger partial charge in [-0.3, -0.25) is 4.79 Å². The third kappa shape index (κ3) is 4.15. The van der Waals surface area contributed by atoms with E-state index in [2.05, 4.69) is 0 Å². The lowest BCUT2D eigenvalue weighted by Crippen LogP contribution is -2.17. The van der Waals surface area contributed by atoms with Gasteiger partial charge in [0.05, 0.1) is 6.42 Å². The fourth-order valence-corrected chi connectivity index (χ4v) is 1.45. The molecule has 1 aromatic carbocycles. The molecule has 0 bridgehead atoms. The van der Waals surface area contributed by atoms with Gasteiger partial charge in [-0.1, -0.05) is 44.2 Å². The van der Waals surface area contributed by atoms with Crippen LogP contribution in [0.4, 0.5) is 0 Å². The van der Waals surface area contributed by atoms with Crippen molar-refractivity contribution < 1.29 is 9.53 Å². The number of ether oxygens (including phenoxy) is 1. The topological polar surface area (TPSA) is 26.3 Å². The molecule has 0 unspecified atom stereocenters. The van der Waals surface area contributed by atoms with E-state index in [1.807, 2.05) is 44.2 Å². The van der Waals surface area contributed by atoms with Crippen LogP contribution < -0.4 is 0 Å². The smallest absolute Gasteiger partial charge is 0.310 e. The van der Waals surface area contributed by atoms with Gasteiger partial charge < -0.3 is 4.74 Å². The van der Waals surface area contributed by atoms with Crippen molar-refractivity contribution in [1.29, 1.82) is 0 Å². The molecule has 0 aliphatic rings. The van der Waals surface area contributed by atoms with Gasteiger partial charge in [0.1, 0.15) is 6.10 Å². The lowest BCUT2D eigenvalue weighted by Gasteiger charge is -2.13. The molecule has 0 aliphatic heterocycles. The van der Waals surface area contributed by atoms with Crippen molar-refractivity contribution in [2.24, 2.45) is 0 Å². The van der Waals surface area contributed by atoms with E-state index in [4.69, 9.17) is 4.74 Å². The molecule has 0 heterocycles. The standard InChI is InChI=1S/C13H18O2/c1-3-12(4-2)15-13(14)10-11-8-6-5-7-9-11/h5-9,12H,3-4,10H2,1-2H3. The van der Waals surface area contributed by atoms with Crippen molar-refractivity contribution in [3.63, 3.8) is 0 Å². The number of carbonyl (C=O) groups is 1. The lowest BCUT2D eigenvalue weighted by atomic mass is 10.1. The number of hydrogen-bond donors (Lipinski definition) is 0. The molecule has 0 saturated heterocycles. The summed E-state index contributed by atoms with van der Waals surface area (Å²) in [6, 6.07) is 9.68. The maximum atomic E-state index is 11.5. The monoisotopic (exact) mass is 206 g/mol. The van der Waals surface area contributed by atoms with Gasteiger partial charge in [0.15, 0.2) is 0 Å². The van der Waals surface area contributed by atoms with Crippen LogP contribution in [0.5, 0.6) is 0 Å². The minimum Gasteiger partial charge on any atom is -0.462 e. The Balaban J connectivity index is 2.43. The number of hydrogen-bond acceptors (Lipinski definition) is 2. The Morgan fingerprint density at radius 2 is 1.80 bits per heavy atom. The van der Waals surface area contributed by atoms with Crippen molar-refractivity contribution in [2.45, 2.75) is 39.2 Å². The second kappa shape index (κ2) is 6.23. The highest BCUT2D eigenvalue weighted by molar-refractivity contribution is 5.72. The van der Waals surface area contributed by atoms with Crippen LogP contribution in [0.25, 0.3) is 0 Å². The Bertz CT molecular complexity index is 289. The summed E-state index contributed by atoms with van der Waals surface area (Å²) in [6.45, 7) is 4.06. The Hall–Kier alpha value is -1.31. The van der Waals surface area contributed by atoms with E-state index in [0.717, 1.165) is 18.4 Å². The molecule has 2 heteroatoms. The maximum Gasteiger partial charge on any atom is 0.310 e. The van der Waals surface area contributed by atoms with Gasteiger partial charge in [0.2, 0.25) is 0 Å². The molecule has 0 amide bonds. The van der Waals surface area contributed by atoms with Gasteiger partial charge in [0, 0.05) is 0 Å². The molecule has 0 N–H and O–H groups in total. The van der Waals surface area contributed by atoms with Crippen LogP contribution in [-0.4, -0.2) is 12.1 Å². The van der Waals surface area contributed by atoms with Crippen molar-refractivity contribution in [2.75, 3.05) is 0 Å². The predicted octanol–water partition coefficient (Wildman–Crippen LogP) is 2.96. The molecular formula is C13H18O2.